The molecule has 27 heavy (non-hydrogen) atoms. The molecule has 1 heterocycles. The fraction of sp³-hybridized carbons (Fsp3) is 0.250. The van der Waals surface area contributed by atoms with Gasteiger partial charge in [0.15, 0.2) is 0 Å². The molecule has 7 heteroatoms. The van der Waals surface area contributed by atoms with Crippen LogP contribution in [0.2, 0.25) is 0 Å². The molecule has 7 nitrogen and oxygen atoms in total. The lowest BCUT2D eigenvalue weighted by Crippen LogP contribution is -2.44. The van der Waals surface area contributed by atoms with Crippen LogP contribution in [0.1, 0.15) is 29.4 Å². The van der Waals surface area contributed by atoms with E-state index in [4.69, 9.17) is 0 Å². The summed E-state index contributed by atoms with van der Waals surface area (Å²) in [6.07, 6.45) is 0.274. The second kappa shape index (κ2) is 5.33. The number of nitro groups is 1. The van der Waals surface area contributed by atoms with E-state index >= 15 is 0 Å². The van der Waals surface area contributed by atoms with Crippen molar-refractivity contribution < 1.29 is 19.3 Å². The fourth-order valence-corrected chi connectivity index (χ4v) is 4.94. The molecule has 3 aliphatic carbocycles. The zero-order valence-corrected chi connectivity index (χ0v) is 14.1. The average Bonchev–Trinajstić information content (AvgIpc) is 2.94. The number of amides is 2. The smallest absolute Gasteiger partial charge is 0.269 e. The van der Waals surface area contributed by atoms with Gasteiger partial charge >= 0.3 is 0 Å². The van der Waals surface area contributed by atoms with Crippen molar-refractivity contribution in [3.05, 3.63) is 69.8 Å². The Bertz CT molecular complexity index is 1030. The van der Waals surface area contributed by atoms with Gasteiger partial charge in [0.25, 0.3) is 5.69 Å². The Kier molecular flexibility index (Phi) is 3.13. The summed E-state index contributed by atoms with van der Waals surface area (Å²) in [6, 6.07) is 12.9. The monoisotopic (exact) mass is 362 g/mol. The maximum absolute atomic E-state index is 13.1. The summed E-state index contributed by atoms with van der Waals surface area (Å²) in [5.74, 6) is -2.82. The van der Waals surface area contributed by atoms with E-state index in [0.717, 1.165) is 16.0 Å². The van der Waals surface area contributed by atoms with Crippen LogP contribution in [0.4, 0.5) is 11.4 Å². The van der Waals surface area contributed by atoms with Crippen LogP contribution in [0.5, 0.6) is 0 Å². The van der Waals surface area contributed by atoms with Gasteiger partial charge in [-0.15, -0.1) is 0 Å². The molecule has 1 saturated carbocycles. The third-order valence-electron chi connectivity index (χ3n) is 6.01. The second-order valence-corrected chi connectivity index (χ2v) is 7.22. The number of carbonyl (C=O) groups is 3. The van der Waals surface area contributed by atoms with Crippen LogP contribution in [-0.2, 0) is 14.4 Å². The van der Waals surface area contributed by atoms with Crippen LogP contribution in [0.3, 0.4) is 0 Å². The van der Waals surface area contributed by atoms with Gasteiger partial charge in [0.05, 0.1) is 28.4 Å². The molecule has 2 fully saturated rings. The summed E-state index contributed by atoms with van der Waals surface area (Å²) in [5.41, 5.74) is 2.03. The van der Waals surface area contributed by atoms with Crippen LogP contribution in [0.15, 0.2) is 48.5 Å². The van der Waals surface area contributed by atoms with E-state index in [9.17, 15) is 24.5 Å². The van der Waals surface area contributed by atoms with E-state index in [1.54, 1.807) is 0 Å². The third kappa shape index (κ3) is 1.99. The number of fused-ring (bicyclic) bond motifs is 1. The third-order valence-corrected chi connectivity index (χ3v) is 6.01. The lowest BCUT2D eigenvalue weighted by molar-refractivity contribution is -0.384. The number of nitro benzene ring substituents is 1. The van der Waals surface area contributed by atoms with Crippen molar-refractivity contribution in [2.45, 2.75) is 18.3 Å². The lowest BCUT2D eigenvalue weighted by atomic mass is 9.56. The number of nitrogens with zero attached hydrogens (tertiary/aromatic N) is 2. The first kappa shape index (κ1) is 15.9. The van der Waals surface area contributed by atoms with Crippen molar-refractivity contribution in [2.75, 3.05) is 4.90 Å². The molecule has 6 rings (SSSR count). The largest absolute Gasteiger partial charge is 0.299 e. The highest BCUT2D eigenvalue weighted by molar-refractivity contribution is 6.24. The van der Waals surface area contributed by atoms with Crippen LogP contribution in [0.25, 0.3) is 0 Å². The Morgan fingerprint density at radius 1 is 0.889 bits per heavy atom. The van der Waals surface area contributed by atoms with Crippen LogP contribution >= 0.6 is 0 Å². The van der Waals surface area contributed by atoms with Crippen molar-refractivity contribution in [1.82, 2.24) is 0 Å². The molecule has 2 aromatic rings. The Morgan fingerprint density at radius 3 is 2.19 bits per heavy atom. The number of carbonyl (C=O) groups excluding carboxylic acids is 3. The number of hydrogen-bond donors (Lipinski definition) is 0. The molecule has 1 saturated heterocycles. The van der Waals surface area contributed by atoms with Crippen LogP contribution < -0.4 is 4.90 Å². The summed E-state index contributed by atoms with van der Waals surface area (Å²) in [4.78, 5) is 50.3. The van der Waals surface area contributed by atoms with E-state index in [2.05, 4.69) is 0 Å². The number of rotatable bonds is 2. The van der Waals surface area contributed by atoms with Gasteiger partial charge < -0.3 is 0 Å². The number of Topliss-reactive ketones (excluding diaryl/α,β-unsaturated/α-hetero) is 1. The summed E-state index contributed by atoms with van der Waals surface area (Å²) in [7, 11) is 0. The SMILES string of the molecule is O=C1C[C@H]2c3ccccc3[C@H]1[C@@H]1C(=O)N(c3ccc([N+](=O)[O-])cc3)C(=O)[C@H]12. The molecule has 1 aliphatic heterocycles. The Morgan fingerprint density at radius 2 is 1.52 bits per heavy atom. The second-order valence-electron chi connectivity index (χ2n) is 7.22. The molecule has 0 N–H and O–H groups in total. The molecule has 0 radical (unpaired) electrons. The minimum atomic E-state index is -0.686. The summed E-state index contributed by atoms with van der Waals surface area (Å²) >= 11 is 0. The highest BCUT2D eigenvalue weighted by atomic mass is 16.6. The molecule has 2 bridgehead atoms. The number of imide groups is 1. The summed E-state index contributed by atoms with van der Waals surface area (Å²) in [6.45, 7) is 0. The van der Waals surface area contributed by atoms with E-state index in [-0.39, 0.29) is 29.7 Å². The van der Waals surface area contributed by atoms with Gasteiger partial charge in [-0.1, -0.05) is 24.3 Å². The molecule has 2 amide bonds. The standard InChI is InChI=1S/C20H14N2O5/c23-15-9-14-12-3-1-2-4-13(12)16(15)18-17(14)19(24)21(20(18)25)10-5-7-11(8-6-10)22(26)27/h1-8,14,16-18H,9H2/t14-,16+,17-,18-/m0/s1. The minimum Gasteiger partial charge on any atom is -0.299 e. The molecule has 134 valence electrons. The highest BCUT2D eigenvalue weighted by Gasteiger charge is 2.62. The zero-order valence-electron chi connectivity index (χ0n) is 14.1. The fourth-order valence-electron chi connectivity index (χ4n) is 4.94. The van der Waals surface area contributed by atoms with E-state index in [1.165, 1.54) is 24.3 Å². The summed E-state index contributed by atoms with van der Waals surface area (Å²) in [5, 5.41) is 10.8. The average molecular weight is 362 g/mol. The van der Waals surface area contributed by atoms with Crippen molar-refractivity contribution >= 4 is 29.0 Å². The van der Waals surface area contributed by atoms with Gasteiger partial charge in [0.1, 0.15) is 5.78 Å². The van der Waals surface area contributed by atoms with Gasteiger partial charge in [-0.2, -0.15) is 0 Å². The Balaban J connectivity index is 1.59. The van der Waals surface area contributed by atoms with Crippen LogP contribution in [0, 0.1) is 22.0 Å². The lowest BCUT2D eigenvalue weighted by Gasteiger charge is -2.43. The number of ketones is 1. The maximum Gasteiger partial charge on any atom is 0.269 e. The van der Waals surface area contributed by atoms with Gasteiger partial charge in [-0.05, 0) is 23.3 Å². The van der Waals surface area contributed by atoms with Gasteiger partial charge in [-0.3, -0.25) is 24.5 Å². The first-order valence-electron chi connectivity index (χ1n) is 8.73. The first-order valence-corrected chi connectivity index (χ1v) is 8.73. The van der Waals surface area contributed by atoms with Gasteiger partial charge in [-0.25, -0.2) is 4.90 Å². The topological polar surface area (TPSA) is 97.6 Å². The van der Waals surface area contributed by atoms with Crippen LogP contribution in [-0.4, -0.2) is 22.5 Å². The Hall–Kier alpha value is -3.35. The van der Waals surface area contributed by atoms with E-state index in [0.29, 0.717) is 5.69 Å². The molecule has 0 unspecified atom stereocenters. The van der Waals surface area contributed by atoms with Gasteiger partial charge in [0, 0.05) is 24.5 Å². The summed E-state index contributed by atoms with van der Waals surface area (Å²) < 4.78 is 0. The predicted octanol–water partition coefficient (Wildman–Crippen LogP) is 2.55. The normalized spacial score (nSPS) is 28.3. The Labute approximate surface area is 153 Å². The number of anilines is 1. The number of non-ortho nitro benzene ring substituents is 1. The molecule has 2 aromatic carbocycles. The van der Waals surface area contributed by atoms with E-state index in [1.807, 2.05) is 24.3 Å². The molecular weight excluding hydrogens is 348 g/mol. The number of hydrogen-bond acceptors (Lipinski definition) is 5. The maximum atomic E-state index is 13.1. The van der Waals surface area contributed by atoms with Crippen molar-refractivity contribution in [1.29, 1.82) is 0 Å². The molecule has 0 spiro atoms. The first-order chi connectivity index (χ1) is 13.0. The van der Waals surface area contributed by atoms with Gasteiger partial charge in [0.2, 0.25) is 11.8 Å². The highest BCUT2D eigenvalue weighted by Crippen LogP contribution is 2.57. The van der Waals surface area contributed by atoms with Crippen molar-refractivity contribution in [3.8, 4) is 0 Å². The van der Waals surface area contributed by atoms with Crippen molar-refractivity contribution in [2.24, 2.45) is 11.8 Å². The number of benzene rings is 2. The molecular formula is C20H14N2O5. The quantitative estimate of drug-likeness (QED) is 0.465. The molecule has 0 aromatic heterocycles. The zero-order chi connectivity index (χ0) is 18.9. The molecule has 4 atom stereocenters. The minimum absolute atomic E-state index is 0.00616. The van der Waals surface area contributed by atoms with Crippen molar-refractivity contribution in [3.63, 3.8) is 0 Å². The molecule has 4 aliphatic rings. The van der Waals surface area contributed by atoms with E-state index < -0.39 is 28.6 Å². The predicted molar refractivity (Wildman–Crippen MR) is 94.1 cm³/mol.